The Hall–Kier alpha value is -5.29. The number of hydrogen-bond donors (Lipinski definition) is 0. The fraction of sp³-hybridized carbons (Fsp3) is 0.365. The first kappa shape index (κ1) is 41.3. The van der Waals surface area contributed by atoms with Crippen molar-refractivity contribution in [1.82, 2.24) is 4.57 Å². The standard InChI is InChI=1S/C52H61NO4/c1-2-3-4-5-6-7-8-9-10-11-12-13-14-27-36-53-47-37-46(55-39-42-28-19-15-20-29-42)38-48(56-40-43-30-21-16-22-31-43)49(47)51(54)52(50(53)45-34-25-18-26-35-45)57-41-44-32-23-17-24-33-44/h15-26,28-35,37-38H,2-14,27,36,39-41H2,1H3. The summed E-state index contributed by atoms with van der Waals surface area (Å²) < 4.78 is 21.9. The third-order valence-corrected chi connectivity index (χ3v) is 10.8. The Balaban J connectivity index is 1.30. The highest BCUT2D eigenvalue weighted by atomic mass is 16.5. The van der Waals surface area contributed by atoms with E-state index in [-0.39, 0.29) is 12.0 Å². The lowest BCUT2D eigenvalue weighted by Gasteiger charge is -2.23. The molecule has 0 amide bonds. The van der Waals surface area contributed by atoms with Crippen LogP contribution in [0.25, 0.3) is 22.2 Å². The predicted octanol–water partition coefficient (Wildman–Crippen LogP) is 13.9. The molecule has 5 heteroatoms. The Morgan fingerprint density at radius 2 is 0.912 bits per heavy atom. The van der Waals surface area contributed by atoms with Crippen LogP contribution in [-0.2, 0) is 26.4 Å². The highest BCUT2D eigenvalue weighted by Crippen LogP contribution is 2.38. The zero-order valence-corrected chi connectivity index (χ0v) is 34.0. The molecular weight excluding hydrogens is 703 g/mol. The van der Waals surface area contributed by atoms with Crippen molar-refractivity contribution in [3.05, 3.63) is 160 Å². The number of pyridine rings is 1. The van der Waals surface area contributed by atoms with Crippen LogP contribution >= 0.6 is 0 Å². The summed E-state index contributed by atoms with van der Waals surface area (Å²) in [6.07, 6.45) is 18.2. The first-order valence-electron chi connectivity index (χ1n) is 21.5. The molecule has 0 atom stereocenters. The van der Waals surface area contributed by atoms with E-state index in [0.717, 1.165) is 52.9 Å². The van der Waals surface area contributed by atoms with E-state index in [9.17, 15) is 4.79 Å². The largest absolute Gasteiger partial charge is 0.489 e. The van der Waals surface area contributed by atoms with Gasteiger partial charge in [0.15, 0.2) is 5.75 Å². The van der Waals surface area contributed by atoms with Gasteiger partial charge in [0.25, 0.3) is 0 Å². The number of rotatable bonds is 25. The Bertz CT molecular complexity index is 2100. The molecule has 6 aromatic rings. The Labute approximate surface area is 340 Å². The predicted molar refractivity (Wildman–Crippen MR) is 236 cm³/mol. The molecule has 298 valence electrons. The number of aromatic nitrogens is 1. The van der Waals surface area contributed by atoms with E-state index in [1.807, 2.05) is 109 Å². The van der Waals surface area contributed by atoms with Crippen molar-refractivity contribution in [3.8, 4) is 28.5 Å². The van der Waals surface area contributed by atoms with Gasteiger partial charge in [-0.1, -0.05) is 212 Å². The lowest BCUT2D eigenvalue weighted by molar-refractivity contribution is 0.291. The van der Waals surface area contributed by atoms with Crippen LogP contribution in [0.15, 0.2) is 138 Å². The lowest BCUT2D eigenvalue weighted by atomic mass is 10.0. The van der Waals surface area contributed by atoms with Crippen LogP contribution in [-0.4, -0.2) is 4.57 Å². The Morgan fingerprint density at radius 3 is 1.42 bits per heavy atom. The molecule has 0 unspecified atom stereocenters. The number of aryl methyl sites for hydroxylation is 1. The second-order valence-electron chi connectivity index (χ2n) is 15.3. The number of hydrogen-bond acceptors (Lipinski definition) is 4. The smallest absolute Gasteiger partial charge is 0.235 e. The van der Waals surface area contributed by atoms with Crippen molar-refractivity contribution in [2.24, 2.45) is 0 Å². The average molecular weight is 764 g/mol. The topological polar surface area (TPSA) is 49.7 Å². The Kier molecular flexibility index (Phi) is 16.7. The van der Waals surface area contributed by atoms with Crippen molar-refractivity contribution in [3.63, 3.8) is 0 Å². The Morgan fingerprint density at radius 1 is 0.474 bits per heavy atom. The van der Waals surface area contributed by atoms with Gasteiger partial charge in [-0.2, -0.15) is 0 Å². The molecule has 0 bridgehead atoms. The lowest BCUT2D eigenvalue weighted by Crippen LogP contribution is -2.18. The molecule has 0 aliphatic carbocycles. The van der Waals surface area contributed by atoms with Gasteiger partial charge in [-0.25, -0.2) is 0 Å². The molecular formula is C52H61NO4. The molecule has 0 spiro atoms. The van der Waals surface area contributed by atoms with E-state index >= 15 is 0 Å². The van der Waals surface area contributed by atoms with Gasteiger partial charge >= 0.3 is 0 Å². The van der Waals surface area contributed by atoms with Gasteiger partial charge < -0.3 is 18.8 Å². The highest BCUT2D eigenvalue weighted by molar-refractivity contribution is 5.92. The fourth-order valence-corrected chi connectivity index (χ4v) is 7.60. The highest BCUT2D eigenvalue weighted by Gasteiger charge is 2.24. The van der Waals surface area contributed by atoms with Gasteiger partial charge in [-0.15, -0.1) is 0 Å². The third kappa shape index (κ3) is 12.6. The molecule has 0 radical (unpaired) electrons. The summed E-state index contributed by atoms with van der Waals surface area (Å²) in [5, 5.41) is 0.506. The molecule has 1 aromatic heterocycles. The van der Waals surface area contributed by atoms with Crippen LogP contribution in [0.2, 0.25) is 0 Å². The monoisotopic (exact) mass is 763 g/mol. The molecule has 0 saturated carbocycles. The number of fused-ring (bicyclic) bond motifs is 1. The van der Waals surface area contributed by atoms with Crippen molar-refractivity contribution in [2.75, 3.05) is 0 Å². The second kappa shape index (κ2) is 23.1. The zero-order chi connectivity index (χ0) is 39.3. The minimum atomic E-state index is -0.185. The molecule has 5 nitrogen and oxygen atoms in total. The van der Waals surface area contributed by atoms with Gasteiger partial charge in [-0.05, 0) is 23.1 Å². The first-order chi connectivity index (χ1) is 28.2. The maximum absolute atomic E-state index is 15.0. The minimum absolute atomic E-state index is 0.185. The SMILES string of the molecule is CCCCCCCCCCCCCCCCn1c(-c2ccccc2)c(OCc2ccccc2)c(=O)c2c(OCc3ccccc3)cc(OCc3ccccc3)cc21. The average Bonchev–Trinajstić information content (AvgIpc) is 3.26. The molecule has 0 fully saturated rings. The van der Waals surface area contributed by atoms with E-state index in [4.69, 9.17) is 14.2 Å². The van der Waals surface area contributed by atoms with Crippen LogP contribution in [0.4, 0.5) is 0 Å². The first-order valence-corrected chi connectivity index (χ1v) is 21.5. The molecule has 5 aromatic carbocycles. The van der Waals surface area contributed by atoms with Crippen molar-refractivity contribution < 1.29 is 14.2 Å². The molecule has 0 N–H and O–H groups in total. The zero-order valence-electron chi connectivity index (χ0n) is 34.0. The third-order valence-electron chi connectivity index (χ3n) is 10.8. The normalized spacial score (nSPS) is 11.2. The maximum Gasteiger partial charge on any atom is 0.235 e. The van der Waals surface area contributed by atoms with Gasteiger partial charge in [0.05, 0.1) is 16.6 Å². The summed E-state index contributed by atoms with van der Waals surface area (Å²) in [7, 11) is 0. The van der Waals surface area contributed by atoms with Crippen molar-refractivity contribution in [2.45, 2.75) is 123 Å². The van der Waals surface area contributed by atoms with Crippen LogP contribution < -0.4 is 19.6 Å². The second-order valence-corrected chi connectivity index (χ2v) is 15.3. The number of nitrogens with zero attached hydrogens (tertiary/aromatic N) is 1. The molecule has 0 saturated heterocycles. The van der Waals surface area contributed by atoms with Crippen LogP contribution in [0, 0.1) is 0 Å². The van der Waals surface area contributed by atoms with Crippen LogP contribution in [0.5, 0.6) is 17.2 Å². The summed E-state index contributed by atoms with van der Waals surface area (Å²) in [4.78, 5) is 15.0. The quantitative estimate of drug-likeness (QED) is 0.0545. The van der Waals surface area contributed by atoms with Gasteiger partial charge in [0, 0.05) is 24.2 Å². The van der Waals surface area contributed by atoms with E-state index in [1.165, 1.54) is 77.0 Å². The van der Waals surface area contributed by atoms with E-state index < -0.39 is 0 Å². The molecule has 6 rings (SSSR count). The summed E-state index contributed by atoms with van der Waals surface area (Å²) in [5.41, 5.74) is 5.41. The molecule has 0 aliphatic heterocycles. The summed E-state index contributed by atoms with van der Waals surface area (Å²) in [5.74, 6) is 1.48. The summed E-state index contributed by atoms with van der Waals surface area (Å²) >= 11 is 0. The van der Waals surface area contributed by atoms with E-state index in [0.29, 0.717) is 35.8 Å². The molecule has 57 heavy (non-hydrogen) atoms. The van der Waals surface area contributed by atoms with Crippen LogP contribution in [0.3, 0.4) is 0 Å². The number of ether oxygens (including phenoxy) is 3. The van der Waals surface area contributed by atoms with Crippen LogP contribution in [0.1, 0.15) is 114 Å². The summed E-state index contributed by atoms with van der Waals surface area (Å²) in [6, 6.07) is 44.4. The van der Waals surface area contributed by atoms with Gasteiger partial charge in [0.2, 0.25) is 5.43 Å². The number of unbranched alkanes of at least 4 members (excludes halogenated alkanes) is 13. The molecule has 0 aliphatic rings. The van der Waals surface area contributed by atoms with Crippen molar-refractivity contribution >= 4 is 10.9 Å². The molecule has 1 heterocycles. The number of benzene rings is 5. The van der Waals surface area contributed by atoms with Gasteiger partial charge in [-0.3, -0.25) is 4.79 Å². The fourth-order valence-electron chi connectivity index (χ4n) is 7.60. The minimum Gasteiger partial charge on any atom is -0.489 e. The van der Waals surface area contributed by atoms with E-state index in [1.54, 1.807) is 0 Å². The van der Waals surface area contributed by atoms with Gasteiger partial charge in [0.1, 0.15) is 31.3 Å². The van der Waals surface area contributed by atoms with Crippen molar-refractivity contribution in [1.29, 1.82) is 0 Å². The maximum atomic E-state index is 15.0. The van der Waals surface area contributed by atoms with E-state index in [2.05, 4.69) is 35.8 Å². The summed E-state index contributed by atoms with van der Waals surface area (Å²) in [6.45, 7) is 4.00.